The van der Waals surface area contributed by atoms with Crippen LogP contribution in [0.4, 0.5) is 4.39 Å². The average molecular weight is 204 g/mol. The Hall–Kier alpha value is -1.40. The van der Waals surface area contributed by atoms with Crippen LogP contribution in [0.2, 0.25) is 0 Å². The van der Waals surface area contributed by atoms with Gasteiger partial charge in [-0.05, 0) is 37.0 Å². The molecule has 2 N–H and O–H groups in total. The Morgan fingerprint density at radius 1 is 1.53 bits per heavy atom. The summed E-state index contributed by atoms with van der Waals surface area (Å²) in [6, 6.07) is 6.80. The average Bonchev–Trinajstić information content (AvgIpc) is 3.02. The van der Waals surface area contributed by atoms with Crippen molar-refractivity contribution in [1.29, 1.82) is 5.26 Å². The highest BCUT2D eigenvalue weighted by Gasteiger charge is 2.49. The molecule has 0 aromatic heterocycles. The number of aryl methyl sites for hydroxylation is 1. The topological polar surface area (TPSA) is 49.8 Å². The number of rotatable bonds is 2. The third-order valence-electron chi connectivity index (χ3n) is 3.15. The molecule has 1 aliphatic rings. The molecule has 2 nitrogen and oxygen atoms in total. The molecule has 0 spiro atoms. The van der Waals surface area contributed by atoms with Crippen LogP contribution in [0.25, 0.3) is 0 Å². The van der Waals surface area contributed by atoms with E-state index in [1.807, 2.05) is 0 Å². The summed E-state index contributed by atoms with van der Waals surface area (Å²) in [5.74, 6) is -0.229. The number of nitrogens with two attached hydrogens (primary N) is 1. The second kappa shape index (κ2) is 3.32. The fourth-order valence-corrected chi connectivity index (χ4v) is 1.81. The van der Waals surface area contributed by atoms with E-state index >= 15 is 0 Å². The molecule has 0 saturated heterocycles. The second-order valence-corrected chi connectivity index (χ2v) is 4.25. The highest BCUT2D eigenvalue weighted by molar-refractivity contribution is 5.31. The predicted molar refractivity (Wildman–Crippen MR) is 55.3 cm³/mol. The SMILES string of the molecule is Cc1cc(C(N)C2(C#N)CC2)ccc1F. The van der Waals surface area contributed by atoms with Crippen LogP contribution in [0.15, 0.2) is 18.2 Å². The minimum absolute atomic E-state index is 0.229. The first-order chi connectivity index (χ1) is 7.09. The van der Waals surface area contributed by atoms with Crippen LogP contribution in [-0.4, -0.2) is 0 Å². The molecule has 0 aliphatic heterocycles. The van der Waals surface area contributed by atoms with Gasteiger partial charge in [-0.25, -0.2) is 4.39 Å². The van der Waals surface area contributed by atoms with Crippen molar-refractivity contribution >= 4 is 0 Å². The first kappa shape index (κ1) is 10.1. The molecule has 1 aromatic carbocycles. The van der Waals surface area contributed by atoms with Gasteiger partial charge in [0.05, 0.1) is 11.5 Å². The van der Waals surface area contributed by atoms with Gasteiger partial charge in [-0.2, -0.15) is 5.26 Å². The first-order valence-electron chi connectivity index (χ1n) is 5.02. The molecule has 15 heavy (non-hydrogen) atoms. The first-order valence-corrected chi connectivity index (χ1v) is 5.02. The van der Waals surface area contributed by atoms with Crippen LogP contribution in [-0.2, 0) is 0 Å². The Morgan fingerprint density at radius 3 is 2.67 bits per heavy atom. The quantitative estimate of drug-likeness (QED) is 0.804. The molecule has 2 rings (SSSR count). The van der Waals surface area contributed by atoms with Crippen LogP contribution in [0.1, 0.15) is 30.0 Å². The molecule has 78 valence electrons. The van der Waals surface area contributed by atoms with Crippen LogP contribution in [0.5, 0.6) is 0 Å². The van der Waals surface area contributed by atoms with E-state index in [1.54, 1.807) is 19.1 Å². The lowest BCUT2D eigenvalue weighted by Crippen LogP contribution is -2.21. The number of halogens is 1. The van der Waals surface area contributed by atoms with Gasteiger partial charge in [-0.1, -0.05) is 12.1 Å². The maximum Gasteiger partial charge on any atom is 0.126 e. The number of benzene rings is 1. The maximum atomic E-state index is 13.1. The number of nitrogens with zero attached hydrogens (tertiary/aromatic N) is 1. The van der Waals surface area contributed by atoms with Crippen molar-refractivity contribution in [2.45, 2.75) is 25.8 Å². The van der Waals surface area contributed by atoms with Gasteiger partial charge in [0.15, 0.2) is 0 Å². The summed E-state index contributed by atoms with van der Waals surface area (Å²) < 4.78 is 13.1. The largest absolute Gasteiger partial charge is 0.323 e. The molecule has 1 atom stereocenters. The highest BCUT2D eigenvalue weighted by Crippen LogP contribution is 2.53. The van der Waals surface area contributed by atoms with E-state index in [2.05, 4.69) is 6.07 Å². The standard InChI is InChI=1S/C12H13FN2/c1-8-6-9(2-3-10(8)13)11(15)12(7-14)4-5-12/h2-3,6,11H,4-5,15H2,1H3. The van der Waals surface area contributed by atoms with E-state index in [0.29, 0.717) is 5.56 Å². The van der Waals surface area contributed by atoms with Gasteiger partial charge < -0.3 is 5.73 Å². The van der Waals surface area contributed by atoms with Crippen LogP contribution < -0.4 is 5.73 Å². The van der Waals surface area contributed by atoms with E-state index < -0.39 is 5.41 Å². The van der Waals surface area contributed by atoms with E-state index in [0.717, 1.165) is 18.4 Å². The minimum atomic E-state index is -0.399. The second-order valence-electron chi connectivity index (χ2n) is 4.25. The van der Waals surface area contributed by atoms with Crippen molar-refractivity contribution in [3.63, 3.8) is 0 Å². The normalized spacial score (nSPS) is 19.3. The van der Waals surface area contributed by atoms with Gasteiger partial charge in [-0.15, -0.1) is 0 Å². The smallest absolute Gasteiger partial charge is 0.126 e. The lowest BCUT2D eigenvalue weighted by Gasteiger charge is -2.17. The Bertz CT molecular complexity index is 430. The Balaban J connectivity index is 2.31. The zero-order valence-electron chi connectivity index (χ0n) is 8.63. The summed E-state index contributed by atoms with van der Waals surface area (Å²) in [7, 11) is 0. The number of nitriles is 1. The van der Waals surface area contributed by atoms with Crippen LogP contribution in [0, 0.1) is 29.5 Å². The van der Waals surface area contributed by atoms with Gasteiger partial charge >= 0.3 is 0 Å². The molecule has 0 amide bonds. The minimum Gasteiger partial charge on any atom is -0.323 e. The molecule has 0 heterocycles. The maximum absolute atomic E-state index is 13.1. The van der Waals surface area contributed by atoms with Gasteiger partial charge in [0.1, 0.15) is 5.82 Å². The molecule has 0 bridgehead atoms. The third kappa shape index (κ3) is 1.62. The molecule has 1 saturated carbocycles. The molecule has 0 radical (unpaired) electrons. The molecule has 1 unspecified atom stereocenters. The van der Waals surface area contributed by atoms with E-state index in [1.165, 1.54) is 6.07 Å². The van der Waals surface area contributed by atoms with Gasteiger partial charge in [0.2, 0.25) is 0 Å². The zero-order valence-corrected chi connectivity index (χ0v) is 8.63. The highest BCUT2D eigenvalue weighted by atomic mass is 19.1. The summed E-state index contributed by atoms with van der Waals surface area (Å²) >= 11 is 0. The van der Waals surface area contributed by atoms with Gasteiger partial charge in [-0.3, -0.25) is 0 Å². The van der Waals surface area contributed by atoms with Crippen molar-refractivity contribution in [3.05, 3.63) is 35.1 Å². The fourth-order valence-electron chi connectivity index (χ4n) is 1.81. The molecule has 1 aliphatic carbocycles. The molecule has 3 heteroatoms. The summed E-state index contributed by atoms with van der Waals surface area (Å²) in [5.41, 5.74) is 7.06. The third-order valence-corrected chi connectivity index (χ3v) is 3.15. The molecule has 1 aromatic rings. The van der Waals surface area contributed by atoms with Crippen molar-refractivity contribution in [2.75, 3.05) is 0 Å². The summed E-state index contributed by atoms with van der Waals surface area (Å²) in [6.45, 7) is 1.71. The Kier molecular flexibility index (Phi) is 2.24. The lowest BCUT2D eigenvalue weighted by molar-refractivity contribution is 0.517. The molecular weight excluding hydrogens is 191 g/mol. The Labute approximate surface area is 88.5 Å². The van der Waals surface area contributed by atoms with Crippen molar-refractivity contribution in [2.24, 2.45) is 11.1 Å². The van der Waals surface area contributed by atoms with Crippen molar-refractivity contribution in [3.8, 4) is 6.07 Å². The zero-order chi connectivity index (χ0) is 11.1. The van der Waals surface area contributed by atoms with Gasteiger partial charge in [0, 0.05) is 6.04 Å². The molecule has 1 fully saturated rings. The lowest BCUT2D eigenvalue weighted by atomic mass is 9.91. The van der Waals surface area contributed by atoms with Crippen molar-refractivity contribution in [1.82, 2.24) is 0 Å². The Morgan fingerprint density at radius 2 is 2.20 bits per heavy atom. The summed E-state index contributed by atoms with van der Waals surface area (Å²) in [6.07, 6.45) is 1.70. The van der Waals surface area contributed by atoms with E-state index in [4.69, 9.17) is 11.0 Å². The summed E-state index contributed by atoms with van der Waals surface area (Å²) in [4.78, 5) is 0. The van der Waals surface area contributed by atoms with E-state index in [9.17, 15) is 4.39 Å². The van der Waals surface area contributed by atoms with Gasteiger partial charge in [0.25, 0.3) is 0 Å². The van der Waals surface area contributed by atoms with Crippen molar-refractivity contribution < 1.29 is 4.39 Å². The van der Waals surface area contributed by atoms with Crippen LogP contribution >= 0.6 is 0 Å². The van der Waals surface area contributed by atoms with Crippen LogP contribution in [0.3, 0.4) is 0 Å². The number of hydrogen-bond donors (Lipinski definition) is 1. The number of hydrogen-bond acceptors (Lipinski definition) is 2. The van der Waals surface area contributed by atoms with E-state index in [-0.39, 0.29) is 11.9 Å². The fraction of sp³-hybridized carbons (Fsp3) is 0.417. The monoisotopic (exact) mass is 204 g/mol. The summed E-state index contributed by atoms with van der Waals surface area (Å²) in [5, 5.41) is 9.01. The predicted octanol–water partition coefficient (Wildman–Crippen LogP) is 2.44. The molecular formula is C12H13FN2.